The van der Waals surface area contributed by atoms with Gasteiger partial charge in [-0.1, -0.05) is 0 Å². The molecule has 0 fully saturated rings. The van der Waals surface area contributed by atoms with E-state index in [-0.39, 0.29) is 17.0 Å². The summed E-state index contributed by atoms with van der Waals surface area (Å²) in [4.78, 5) is 13.0. The number of nitriles is 1. The Bertz CT molecular complexity index is 536. The molecule has 0 spiro atoms. The van der Waals surface area contributed by atoms with E-state index < -0.39 is 15.9 Å². The van der Waals surface area contributed by atoms with Gasteiger partial charge in [0.15, 0.2) is 0 Å². The summed E-state index contributed by atoms with van der Waals surface area (Å²) in [5.41, 5.74) is -0.371. The normalized spacial score (nSPS) is 13.0. The molecule has 1 aromatic heterocycles. The average Bonchev–Trinajstić information content (AvgIpc) is 2.26. The van der Waals surface area contributed by atoms with Crippen LogP contribution >= 0.6 is 0 Å². The van der Waals surface area contributed by atoms with Gasteiger partial charge < -0.3 is 4.98 Å². The number of nitrogens with one attached hydrogen (secondary N) is 2. The van der Waals surface area contributed by atoms with Crippen LogP contribution in [0.4, 0.5) is 0 Å². The van der Waals surface area contributed by atoms with Crippen LogP contribution in [0.25, 0.3) is 0 Å². The molecule has 0 aliphatic heterocycles. The molecule has 16 heavy (non-hydrogen) atoms. The third-order valence-corrected chi connectivity index (χ3v) is 3.29. The minimum Gasteiger partial charge on any atom is -0.328 e. The molecule has 0 radical (unpaired) electrons. The molecule has 86 valence electrons. The van der Waals surface area contributed by atoms with Crippen LogP contribution in [0.5, 0.6) is 0 Å². The van der Waals surface area contributed by atoms with Crippen molar-refractivity contribution in [2.45, 2.75) is 11.8 Å². The predicted octanol–water partition coefficient (Wildman–Crippen LogP) is -0.187. The fourth-order valence-corrected chi connectivity index (χ4v) is 2.02. The fraction of sp³-hybridized carbons (Fsp3) is 0.333. The summed E-state index contributed by atoms with van der Waals surface area (Å²) in [6.45, 7) is 1.65. The molecule has 0 aromatic carbocycles. The molecule has 1 aromatic rings. The second-order valence-corrected chi connectivity index (χ2v) is 5.04. The first-order chi connectivity index (χ1) is 7.45. The van der Waals surface area contributed by atoms with E-state index >= 15 is 0 Å². The average molecular weight is 241 g/mol. The van der Waals surface area contributed by atoms with Crippen molar-refractivity contribution in [1.82, 2.24) is 9.71 Å². The Morgan fingerprint density at radius 2 is 2.25 bits per heavy atom. The van der Waals surface area contributed by atoms with Crippen molar-refractivity contribution in [2.75, 3.05) is 6.54 Å². The van der Waals surface area contributed by atoms with Crippen molar-refractivity contribution in [3.63, 3.8) is 0 Å². The molecule has 0 saturated carbocycles. The topological polar surface area (TPSA) is 103 Å². The minimum atomic E-state index is -3.65. The third kappa shape index (κ3) is 3.18. The minimum absolute atomic E-state index is 0.0303. The van der Waals surface area contributed by atoms with Gasteiger partial charge in [0.2, 0.25) is 15.6 Å². The van der Waals surface area contributed by atoms with Crippen molar-refractivity contribution in [1.29, 1.82) is 5.26 Å². The van der Waals surface area contributed by atoms with Crippen molar-refractivity contribution >= 4 is 10.0 Å². The Balaban J connectivity index is 2.83. The Morgan fingerprint density at radius 3 is 2.75 bits per heavy atom. The molecule has 0 bridgehead atoms. The fourth-order valence-electron chi connectivity index (χ4n) is 0.927. The number of hydrogen-bond donors (Lipinski definition) is 2. The number of rotatable bonds is 4. The molecule has 0 aliphatic rings. The molecule has 1 heterocycles. The van der Waals surface area contributed by atoms with Gasteiger partial charge in [0.05, 0.1) is 16.9 Å². The SMILES string of the molecule is CC(C#N)CNS(=O)(=O)c1ccc(=O)[nH]c1. The van der Waals surface area contributed by atoms with E-state index in [2.05, 4.69) is 9.71 Å². The third-order valence-electron chi connectivity index (χ3n) is 1.87. The number of nitrogens with zero attached hydrogens (tertiary/aromatic N) is 1. The quantitative estimate of drug-likeness (QED) is 0.762. The van der Waals surface area contributed by atoms with Gasteiger partial charge in [-0.15, -0.1) is 0 Å². The van der Waals surface area contributed by atoms with Gasteiger partial charge >= 0.3 is 0 Å². The van der Waals surface area contributed by atoms with Gasteiger partial charge in [-0.05, 0) is 13.0 Å². The van der Waals surface area contributed by atoms with Gasteiger partial charge in [0, 0.05) is 18.8 Å². The van der Waals surface area contributed by atoms with Gasteiger partial charge in [-0.3, -0.25) is 4.79 Å². The highest BCUT2D eigenvalue weighted by atomic mass is 32.2. The summed E-state index contributed by atoms with van der Waals surface area (Å²) in [7, 11) is -3.65. The summed E-state index contributed by atoms with van der Waals surface area (Å²) in [5.74, 6) is -0.405. The first kappa shape index (κ1) is 12.4. The maximum atomic E-state index is 11.6. The van der Waals surface area contributed by atoms with Crippen LogP contribution in [0, 0.1) is 17.2 Å². The lowest BCUT2D eigenvalue weighted by molar-refractivity contribution is 0.572. The monoisotopic (exact) mass is 241 g/mol. The van der Waals surface area contributed by atoms with Gasteiger partial charge in [-0.2, -0.15) is 5.26 Å². The van der Waals surface area contributed by atoms with Crippen molar-refractivity contribution < 1.29 is 8.42 Å². The summed E-state index contributed by atoms with van der Waals surface area (Å²) in [5, 5.41) is 8.51. The Labute approximate surface area is 93.0 Å². The standard InChI is InChI=1S/C9H11N3O3S/c1-7(4-10)5-12-16(14,15)8-2-3-9(13)11-6-8/h2-3,6-7,12H,5H2,1H3,(H,11,13). The van der Waals surface area contributed by atoms with Crippen molar-refractivity contribution in [3.8, 4) is 6.07 Å². The second kappa shape index (κ2) is 4.92. The summed E-state index contributed by atoms with van der Waals surface area (Å²) < 4.78 is 25.5. The molecule has 0 saturated heterocycles. The summed E-state index contributed by atoms with van der Waals surface area (Å²) in [6.07, 6.45) is 1.11. The van der Waals surface area contributed by atoms with Crippen LogP contribution in [0.3, 0.4) is 0 Å². The van der Waals surface area contributed by atoms with Crippen LogP contribution in [0.2, 0.25) is 0 Å². The molecule has 6 nitrogen and oxygen atoms in total. The first-order valence-electron chi connectivity index (χ1n) is 4.54. The van der Waals surface area contributed by atoms with E-state index in [1.54, 1.807) is 6.92 Å². The van der Waals surface area contributed by atoms with E-state index in [4.69, 9.17) is 5.26 Å². The molecule has 7 heteroatoms. The number of H-pyrrole nitrogens is 1. The molecule has 2 N–H and O–H groups in total. The Hall–Kier alpha value is -1.65. The van der Waals surface area contributed by atoms with E-state index in [9.17, 15) is 13.2 Å². The van der Waals surface area contributed by atoms with E-state index in [1.807, 2.05) is 6.07 Å². The number of pyridine rings is 1. The number of aromatic nitrogens is 1. The number of sulfonamides is 1. The zero-order valence-corrected chi connectivity index (χ0v) is 9.41. The molecular weight excluding hydrogens is 230 g/mol. The predicted molar refractivity (Wildman–Crippen MR) is 57.0 cm³/mol. The first-order valence-corrected chi connectivity index (χ1v) is 6.02. The second-order valence-electron chi connectivity index (χ2n) is 3.27. The smallest absolute Gasteiger partial charge is 0.247 e. The highest BCUT2D eigenvalue weighted by Crippen LogP contribution is 2.04. The van der Waals surface area contributed by atoms with E-state index in [0.717, 1.165) is 12.3 Å². The molecule has 1 atom stereocenters. The maximum Gasteiger partial charge on any atom is 0.247 e. The van der Waals surface area contributed by atoms with Crippen LogP contribution in [-0.2, 0) is 10.0 Å². The lowest BCUT2D eigenvalue weighted by Crippen LogP contribution is -2.28. The molecule has 0 amide bonds. The largest absolute Gasteiger partial charge is 0.328 e. The van der Waals surface area contributed by atoms with E-state index in [0.29, 0.717) is 0 Å². The zero-order chi connectivity index (χ0) is 12.2. The Kier molecular flexibility index (Phi) is 3.82. The Morgan fingerprint density at radius 1 is 1.56 bits per heavy atom. The molecule has 1 rings (SSSR count). The number of hydrogen-bond acceptors (Lipinski definition) is 4. The van der Waals surface area contributed by atoms with Crippen molar-refractivity contribution in [2.24, 2.45) is 5.92 Å². The number of aromatic amines is 1. The van der Waals surface area contributed by atoms with Gasteiger partial charge in [-0.25, -0.2) is 13.1 Å². The van der Waals surface area contributed by atoms with Crippen LogP contribution in [0.1, 0.15) is 6.92 Å². The van der Waals surface area contributed by atoms with Gasteiger partial charge in [0.25, 0.3) is 0 Å². The zero-order valence-electron chi connectivity index (χ0n) is 8.60. The van der Waals surface area contributed by atoms with Crippen LogP contribution in [-0.4, -0.2) is 19.9 Å². The maximum absolute atomic E-state index is 11.6. The molecule has 1 unspecified atom stereocenters. The van der Waals surface area contributed by atoms with Gasteiger partial charge in [0.1, 0.15) is 0 Å². The highest BCUT2D eigenvalue weighted by Gasteiger charge is 2.14. The molecule has 0 aliphatic carbocycles. The summed E-state index contributed by atoms with van der Waals surface area (Å²) >= 11 is 0. The highest BCUT2D eigenvalue weighted by molar-refractivity contribution is 7.89. The lowest BCUT2D eigenvalue weighted by atomic mass is 10.2. The lowest BCUT2D eigenvalue weighted by Gasteiger charge is -2.06. The molecular formula is C9H11N3O3S. The van der Waals surface area contributed by atoms with Crippen LogP contribution < -0.4 is 10.3 Å². The van der Waals surface area contributed by atoms with E-state index in [1.165, 1.54) is 6.07 Å². The van der Waals surface area contributed by atoms with Crippen molar-refractivity contribution in [3.05, 3.63) is 28.7 Å². The summed E-state index contributed by atoms with van der Waals surface area (Å²) in [6, 6.07) is 4.25. The van der Waals surface area contributed by atoms with Crippen LogP contribution in [0.15, 0.2) is 28.0 Å².